The summed E-state index contributed by atoms with van der Waals surface area (Å²) in [6.45, 7) is 0. The molecule has 0 unspecified atom stereocenters. The van der Waals surface area contributed by atoms with E-state index in [9.17, 15) is 4.79 Å². The first-order chi connectivity index (χ1) is 5.11. The third kappa shape index (κ3) is 1.83. The van der Waals surface area contributed by atoms with Gasteiger partial charge >= 0.3 is 5.97 Å². The fraction of sp³-hybridized carbons (Fsp3) is 0. The molecule has 0 saturated heterocycles. The Hall–Kier alpha value is -0.780. The molecule has 1 aromatic rings. The first kappa shape index (κ1) is 8.32. The van der Waals surface area contributed by atoms with E-state index in [0.717, 1.165) is 3.57 Å². The Morgan fingerprint density at radius 3 is 2.64 bits per heavy atom. The minimum Gasteiger partial charge on any atom is -0.478 e. The summed E-state index contributed by atoms with van der Waals surface area (Å²) < 4.78 is 0.935. The summed E-state index contributed by atoms with van der Waals surface area (Å²) in [5.74, 6) is -0.987. The van der Waals surface area contributed by atoms with Crippen LogP contribution in [0.1, 0.15) is 10.4 Å². The fourth-order valence-electron chi connectivity index (χ4n) is 0.728. The van der Waals surface area contributed by atoms with E-state index in [2.05, 4.69) is 22.6 Å². The van der Waals surface area contributed by atoms with Crippen molar-refractivity contribution in [3.63, 3.8) is 0 Å². The number of nitrogens with two attached hydrogens (primary N) is 1. The SMILES string of the molecule is Nc1cc(I)ccc1C(=O)O. The zero-order chi connectivity index (χ0) is 8.43. The summed E-state index contributed by atoms with van der Waals surface area (Å²) in [6.07, 6.45) is 0. The standard InChI is InChI=1S/C7H6INO2/c8-4-1-2-5(7(10)11)6(9)3-4/h1-3H,9H2,(H,10,11). The van der Waals surface area contributed by atoms with Gasteiger partial charge in [-0.1, -0.05) is 0 Å². The molecule has 0 bridgehead atoms. The van der Waals surface area contributed by atoms with Gasteiger partial charge in [-0.15, -0.1) is 0 Å². The van der Waals surface area contributed by atoms with E-state index in [1.165, 1.54) is 6.07 Å². The Bertz CT molecular complexity index is 298. The van der Waals surface area contributed by atoms with Crippen LogP contribution in [0.25, 0.3) is 0 Å². The molecule has 0 aliphatic heterocycles. The van der Waals surface area contributed by atoms with Crippen LogP contribution in [-0.4, -0.2) is 11.1 Å². The van der Waals surface area contributed by atoms with Crippen molar-refractivity contribution < 1.29 is 9.90 Å². The van der Waals surface area contributed by atoms with Gasteiger partial charge < -0.3 is 10.8 Å². The van der Waals surface area contributed by atoms with Gasteiger partial charge in [0, 0.05) is 9.26 Å². The van der Waals surface area contributed by atoms with Crippen LogP contribution in [0.4, 0.5) is 5.69 Å². The van der Waals surface area contributed by atoms with E-state index >= 15 is 0 Å². The Balaban J connectivity index is 3.20. The van der Waals surface area contributed by atoms with Gasteiger partial charge in [0.05, 0.1) is 5.56 Å². The molecule has 0 aliphatic carbocycles. The Kier molecular flexibility index (Phi) is 2.33. The van der Waals surface area contributed by atoms with Crippen molar-refractivity contribution in [3.05, 3.63) is 27.3 Å². The summed E-state index contributed by atoms with van der Waals surface area (Å²) >= 11 is 2.07. The summed E-state index contributed by atoms with van der Waals surface area (Å²) in [5.41, 5.74) is 5.90. The molecule has 1 aromatic carbocycles. The minimum absolute atomic E-state index is 0.158. The lowest BCUT2D eigenvalue weighted by Gasteiger charge is -1.99. The third-order valence-corrected chi connectivity index (χ3v) is 1.92. The maximum Gasteiger partial charge on any atom is 0.337 e. The van der Waals surface area contributed by atoms with Gasteiger partial charge in [0.1, 0.15) is 0 Å². The summed E-state index contributed by atoms with van der Waals surface area (Å²) in [7, 11) is 0. The highest BCUT2D eigenvalue weighted by molar-refractivity contribution is 14.1. The van der Waals surface area contributed by atoms with Gasteiger partial charge in [-0.05, 0) is 40.8 Å². The first-order valence-corrected chi connectivity index (χ1v) is 3.97. The number of anilines is 1. The molecule has 0 amide bonds. The number of aromatic carboxylic acids is 1. The van der Waals surface area contributed by atoms with E-state index in [1.807, 2.05) is 0 Å². The Labute approximate surface area is 77.4 Å². The van der Waals surface area contributed by atoms with Crippen molar-refractivity contribution in [1.29, 1.82) is 0 Å². The number of nitrogen functional groups attached to an aromatic ring is 1. The number of halogens is 1. The van der Waals surface area contributed by atoms with Crippen LogP contribution in [-0.2, 0) is 0 Å². The molecule has 4 heteroatoms. The molecule has 1 rings (SSSR count). The lowest BCUT2D eigenvalue weighted by molar-refractivity contribution is 0.0698. The summed E-state index contributed by atoms with van der Waals surface area (Å²) in [5, 5.41) is 8.57. The van der Waals surface area contributed by atoms with Crippen molar-refractivity contribution >= 4 is 34.2 Å². The molecule has 0 heterocycles. The van der Waals surface area contributed by atoms with Crippen molar-refractivity contribution in [2.45, 2.75) is 0 Å². The maximum absolute atomic E-state index is 10.5. The first-order valence-electron chi connectivity index (χ1n) is 2.89. The van der Waals surface area contributed by atoms with Crippen molar-refractivity contribution in [2.75, 3.05) is 5.73 Å². The average Bonchev–Trinajstić information content (AvgIpc) is 1.85. The number of carbonyl (C=O) groups is 1. The largest absolute Gasteiger partial charge is 0.478 e. The second-order valence-electron chi connectivity index (χ2n) is 2.04. The highest BCUT2D eigenvalue weighted by atomic mass is 127. The molecule has 11 heavy (non-hydrogen) atoms. The van der Waals surface area contributed by atoms with Gasteiger partial charge in [0.2, 0.25) is 0 Å². The molecular weight excluding hydrogens is 257 g/mol. The predicted molar refractivity (Wildman–Crippen MR) is 50.5 cm³/mol. The van der Waals surface area contributed by atoms with Crippen LogP contribution in [0.5, 0.6) is 0 Å². The van der Waals surface area contributed by atoms with E-state index in [-0.39, 0.29) is 5.56 Å². The topological polar surface area (TPSA) is 63.3 Å². The van der Waals surface area contributed by atoms with Crippen LogP contribution < -0.4 is 5.73 Å². The minimum atomic E-state index is -0.987. The van der Waals surface area contributed by atoms with Crippen LogP contribution >= 0.6 is 22.6 Å². The second-order valence-corrected chi connectivity index (χ2v) is 3.28. The molecule has 0 atom stereocenters. The van der Waals surface area contributed by atoms with E-state index in [4.69, 9.17) is 10.8 Å². The maximum atomic E-state index is 10.5. The normalized spacial score (nSPS) is 9.55. The number of carboxylic acids is 1. The molecule has 0 aliphatic rings. The number of rotatable bonds is 1. The molecule has 58 valence electrons. The molecule has 3 N–H and O–H groups in total. The monoisotopic (exact) mass is 263 g/mol. The summed E-state index contributed by atoms with van der Waals surface area (Å²) in [4.78, 5) is 10.5. The average molecular weight is 263 g/mol. The smallest absolute Gasteiger partial charge is 0.337 e. The fourth-order valence-corrected chi connectivity index (χ4v) is 1.24. The zero-order valence-electron chi connectivity index (χ0n) is 5.54. The molecule has 0 fully saturated rings. The van der Waals surface area contributed by atoms with Gasteiger partial charge in [-0.2, -0.15) is 0 Å². The lowest BCUT2D eigenvalue weighted by atomic mass is 10.2. The van der Waals surface area contributed by atoms with E-state index in [0.29, 0.717) is 5.69 Å². The van der Waals surface area contributed by atoms with Crippen molar-refractivity contribution in [3.8, 4) is 0 Å². The number of hydrogen-bond donors (Lipinski definition) is 2. The van der Waals surface area contributed by atoms with Gasteiger partial charge in [0.15, 0.2) is 0 Å². The lowest BCUT2D eigenvalue weighted by Crippen LogP contribution is -2.01. The Morgan fingerprint density at radius 1 is 1.55 bits per heavy atom. The van der Waals surface area contributed by atoms with E-state index < -0.39 is 5.97 Å². The van der Waals surface area contributed by atoms with E-state index in [1.54, 1.807) is 12.1 Å². The third-order valence-electron chi connectivity index (χ3n) is 1.24. The van der Waals surface area contributed by atoms with Gasteiger partial charge in [-0.3, -0.25) is 0 Å². The highest BCUT2D eigenvalue weighted by Gasteiger charge is 2.06. The predicted octanol–water partition coefficient (Wildman–Crippen LogP) is 1.57. The molecular formula is C7H6INO2. The molecule has 0 radical (unpaired) electrons. The molecule has 0 saturated carbocycles. The second kappa shape index (κ2) is 3.08. The number of benzene rings is 1. The van der Waals surface area contributed by atoms with Crippen LogP contribution in [0.15, 0.2) is 18.2 Å². The van der Waals surface area contributed by atoms with Gasteiger partial charge in [0.25, 0.3) is 0 Å². The molecule has 0 spiro atoms. The van der Waals surface area contributed by atoms with Crippen LogP contribution in [0, 0.1) is 3.57 Å². The number of hydrogen-bond acceptors (Lipinski definition) is 2. The van der Waals surface area contributed by atoms with Gasteiger partial charge in [-0.25, -0.2) is 4.79 Å². The zero-order valence-corrected chi connectivity index (χ0v) is 7.70. The van der Waals surface area contributed by atoms with Crippen molar-refractivity contribution in [1.82, 2.24) is 0 Å². The molecule has 0 aromatic heterocycles. The molecule has 3 nitrogen and oxygen atoms in total. The van der Waals surface area contributed by atoms with Crippen LogP contribution in [0.3, 0.4) is 0 Å². The van der Waals surface area contributed by atoms with Crippen LogP contribution in [0.2, 0.25) is 0 Å². The number of carboxylic acid groups (broad SMARTS) is 1. The quantitative estimate of drug-likeness (QED) is 0.597. The summed E-state index contributed by atoms with van der Waals surface area (Å²) in [6, 6.07) is 4.84. The van der Waals surface area contributed by atoms with Crippen molar-refractivity contribution in [2.24, 2.45) is 0 Å². The Morgan fingerprint density at radius 2 is 2.18 bits per heavy atom. The highest BCUT2D eigenvalue weighted by Crippen LogP contribution is 2.15.